The molecule has 0 aromatic heterocycles. The number of thioether (sulfide) groups is 1. The number of hydrogen-bond acceptors (Lipinski definition) is 6. The van der Waals surface area contributed by atoms with Gasteiger partial charge in [-0.05, 0) is 29.5 Å². The lowest BCUT2D eigenvalue weighted by Crippen LogP contribution is -2.29. The van der Waals surface area contributed by atoms with E-state index in [1.807, 2.05) is 6.07 Å². The first-order chi connectivity index (χ1) is 9.05. The van der Waals surface area contributed by atoms with Gasteiger partial charge in [-0.15, -0.1) is 0 Å². The summed E-state index contributed by atoms with van der Waals surface area (Å²) in [6.07, 6.45) is 0.161. The summed E-state index contributed by atoms with van der Waals surface area (Å²) in [7, 11) is 1.56. The minimum absolute atomic E-state index is 0.0630. The summed E-state index contributed by atoms with van der Waals surface area (Å²) in [5, 5.41) is 17.5. The molecule has 102 valence electrons. The van der Waals surface area contributed by atoms with Crippen LogP contribution in [0.3, 0.4) is 0 Å². The van der Waals surface area contributed by atoms with Gasteiger partial charge >= 0.3 is 0 Å². The standard InChI is InChI=1S/C12H15N3O2S2/c1-17-9-4-2-3-8(5-9)6-11(16)15-12(14)19-10(13)7-18/h2-5,13,18H,6-7H2,1H3,(H2,14,15,16). The van der Waals surface area contributed by atoms with Crippen LogP contribution in [0.25, 0.3) is 0 Å². The van der Waals surface area contributed by atoms with Crippen LogP contribution in [0.1, 0.15) is 5.56 Å². The Balaban J connectivity index is 2.50. The van der Waals surface area contributed by atoms with E-state index in [9.17, 15) is 4.79 Å². The molecular weight excluding hydrogens is 282 g/mol. The van der Waals surface area contributed by atoms with Gasteiger partial charge in [0.2, 0.25) is 5.91 Å². The smallest absolute Gasteiger partial charge is 0.230 e. The minimum Gasteiger partial charge on any atom is -0.497 e. The Labute approximate surface area is 121 Å². The van der Waals surface area contributed by atoms with Crippen molar-refractivity contribution in [2.24, 2.45) is 0 Å². The van der Waals surface area contributed by atoms with Crippen molar-refractivity contribution in [2.75, 3.05) is 12.9 Å². The Morgan fingerprint density at radius 2 is 2.21 bits per heavy atom. The molecule has 19 heavy (non-hydrogen) atoms. The predicted octanol–water partition coefficient (Wildman–Crippen LogP) is 1.93. The molecule has 0 aliphatic rings. The number of thiol groups is 1. The molecule has 0 saturated carbocycles. The van der Waals surface area contributed by atoms with Crippen LogP contribution in [0.2, 0.25) is 0 Å². The van der Waals surface area contributed by atoms with Crippen LogP contribution in [0.4, 0.5) is 0 Å². The summed E-state index contributed by atoms with van der Waals surface area (Å²) in [6, 6.07) is 7.19. The summed E-state index contributed by atoms with van der Waals surface area (Å²) in [5.74, 6) is 0.642. The number of ether oxygens (including phenoxy) is 1. The third-order valence-electron chi connectivity index (χ3n) is 2.12. The van der Waals surface area contributed by atoms with Crippen molar-refractivity contribution in [1.29, 1.82) is 10.8 Å². The fourth-order valence-electron chi connectivity index (χ4n) is 1.32. The molecule has 1 amide bonds. The lowest BCUT2D eigenvalue weighted by atomic mass is 10.1. The normalized spacial score (nSPS) is 9.79. The van der Waals surface area contributed by atoms with E-state index >= 15 is 0 Å². The number of amides is 1. The third kappa shape index (κ3) is 5.80. The van der Waals surface area contributed by atoms with Gasteiger partial charge in [-0.25, -0.2) is 0 Å². The lowest BCUT2D eigenvalue weighted by Gasteiger charge is -2.07. The zero-order valence-electron chi connectivity index (χ0n) is 10.4. The van der Waals surface area contributed by atoms with Gasteiger partial charge < -0.3 is 10.1 Å². The molecule has 1 aromatic carbocycles. The van der Waals surface area contributed by atoms with E-state index in [4.69, 9.17) is 15.6 Å². The van der Waals surface area contributed by atoms with Crippen LogP contribution < -0.4 is 10.1 Å². The van der Waals surface area contributed by atoms with Gasteiger partial charge in [-0.1, -0.05) is 12.1 Å². The molecule has 0 aliphatic heterocycles. The lowest BCUT2D eigenvalue weighted by molar-refractivity contribution is -0.119. The maximum absolute atomic E-state index is 11.7. The second-order valence-corrected chi connectivity index (χ2v) is 5.01. The molecule has 5 nitrogen and oxygen atoms in total. The topological polar surface area (TPSA) is 86.0 Å². The third-order valence-corrected chi connectivity index (χ3v) is 3.35. The number of nitrogens with one attached hydrogen (secondary N) is 3. The molecule has 0 fully saturated rings. The van der Waals surface area contributed by atoms with Crippen LogP contribution in [0, 0.1) is 10.8 Å². The highest BCUT2D eigenvalue weighted by Gasteiger charge is 2.08. The number of rotatable bonds is 4. The maximum atomic E-state index is 11.7. The summed E-state index contributed by atoms with van der Waals surface area (Å²) in [6.45, 7) is 0. The van der Waals surface area contributed by atoms with E-state index in [1.165, 1.54) is 0 Å². The van der Waals surface area contributed by atoms with Gasteiger partial charge in [0.1, 0.15) is 5.75 Å². The SMILES string of the molecule is COc1cccc(CC(=O)NC(=N)SC(=N)CS)c1. The fraction of sp³-hybridized carbons (Fsp3) is 0.250. The summed E-state index contributed by atoms with van der Waals surface area (Å²) in [5.41, 5.74) is 0.805. The van der Waals surface area contributed by atoms with E-state index in [2.05, 4.69) is 17.9 Å². The van der Waals surface area contributed by atoms with E-state index in [0.717, 1.165) is 17.3 Å². The highest BCUT2D eigenvalue weighted by atomic mass is 32.2. The molecule has 1 rings (SSSR count). The maximum Gasteiger partial charge on any atom is 0.230 e. The monoisotopic (exact) mass is 297 g/mol. The molecule has 3 N–H and O–H groups in total. The number of methoxy groups -OCH3 is 1. The van der Waals surface area contributed by atoms with Crippen LogP contribution in [-0.2, 0) is 11.2 Å². The molecular formula is C12H15N3O2S2. The van der Waals surface area contributed by atoms with E-state index < -0.39 is 0 Å². The molecule has 0 saturated heterocycles. The average Bonchev–Trinajstić information content (AvgIpc) is 2.38. The van der Waals surface area contributed by atoms with Gasteiger partial charge in [0.15, 0.2) is 5.17 Å². The number of hydrogen-bond donors (Lipinski definition) is 4. The van der Waals surface area contributed by atoms with Gasteiger partial charge in [-0.3, -0.25) is 15.6 Å². The predicted molar refractivity (Wildman–Crippen MR) is 81.7 cm³/mol. The van der Waals surface area contributed by atoms with Gasteiger partial charge in [0.25, 0.3) is 0 Å². The van der Waals surface area contributed by atoms with Gasteiger partial charge in [0.05, 0.1) is 18.6 Å². The summed E-state index contributed by atoms with van der Waals surface area (Å²) < 4.78 is 5.07. The van der Waals surface area contributed by atoms with Crippen molar-refractivity contribution in [3.05, 3.63) is 29.8 Å². The van der Waals surface area contributed by atoms with Crippen LogP contribution >= 0.6 is 24.4 Å². The van der Waals surface area contributed by atoms with Crippen molar-refractivity contribution in [1.82, 2.24) is 5.32 Å². The quantitative estimate of drug-likeness (QED) is 0.389. The highest BCUT2D eigenvalue weighted by Crippen LogP contribution is 2.13. The van der Waals surface area contributed by atoms with Crippen LogP contribution in [0.15, 0.2) is 24.3 Å². The second kappa shape index (κ2) is 7.85. The largest absolute Gasteiger partial charge is 0.497 e. The van der Waals surface area contributed by atoms with Crippen molar-refractivity contribution >= 4 is 40.5 Å². The molecule has 7 heteroatoms. The van der Waals surface area contributed by atoms with E-state index in [-0.39, 0.29) is 28.3 Å². The first-order valence-electron chi connectivity index (χ1n) is 5.42. The Morgan fingerprint density at radius 1 is 1.47 bits per heavy atom. The van der Waals surface area contributed by atoms with Crippen molar-refractivity contribution in [2.45, 2.75) is 6.42 Å². The second-order valence-electron chi connectivity index (χ2n) is 3.59. The zero-order chi connectivity index (χ0) is 14.3. The fourth-order valence-corrected chi connectivity index (χ4v) is 1.99. The van der Waals surface area contributed by atoms with E-state index in [1.54, 1.807) is 25.3 Å². The number of carbonyl (C=O) groups is 1. The van der Waals surface area contributed by atoms with Gasteiger partial charge in [0, 0.05) is 5.75 Å². The number of benzene rings is 1. The first-order valence-corrected chi connectivity index (χ1v) is 6.87. The zero-order valence-corrected chi connectivity index (χ0v) is 12.1. The molecule has 0 spiro atoms. The van der Waals surface area contributed by atoms with Crippen LogP contribution in [0.5, 0.6) is 5.75 Å². The summed E-state index contributed by atoms with van der Waals surface area (Å²) in [4.78, 5) is 11.7. The highest BCUT2D eigenvalue weighted by molar-refractivity contribution is 8.27. The Hall–Kier alpha value is -1.47. The Bertz CT molecular complexity index is 492. The average molecular weight is 297 g/mol. The molecule has 0 radical (unpaired) electrons. The molecule has 1 aromatic rings. The first kappa shape index (κ1) is 15.6. The van der Waals surface area contributed by atoms with Crippen molar-refractivity contribution in [3.8, 4) is 5.75 Å². The van der Waals surface area contributed by atoms with Crippen molar-refractivity contribution < 1.29 is 9.53 Å². The molecule has 0 aliphatic carbocycles. The Kier molecular flexibility index (Phi) is 6.44. The molecule has 0 unspecified atom stereocenters. The Morgan fingerprint density at radius 3 is 2.84 bits per heavy atom. The van der Waals surface area contributed by atoms with Crippen LogP contribution in [-0.4, -0.2) is 29.0 Å². The summed E-state index contributed by atoms with van der Waals surface area (Å²) >= 11 is 4.79. The number of carbonyl (C=O) groups excluding carboxylic acids is 1. The van der Waals surface area contributed by atoms with Crippen molar-refractivity contribution in [3.63, 3.8) is 0 Å². The van der Waals surface area contributed by atoms with E-state index in [0.29, 0.717) is 5.75 Å². The minimum atomic E-state index is -0.294. The molecule has 0 atom stereocenters. The molecule has 0 heterocycles. The molecule has 0 bridgehead atoms. The van der Waals surface area contributed by atoms with Gasteiger partial charge in [-0.2, -0.15) is 12.6 Å². The number of amidine groups is 1.